The summed E-state index contributed by atoms with van der Waals surface area (Å²) in [6.45, 7) is 7.59. The summed E-state index contributed by atoms with van der Waals surface area (Å²) in [6, 6.07) is 8.18. The van der Waals surface area contributed by atoms with Gasteiger partial charge in [-0.3, -0.25) is 9.78 Å². The molecule has 0 spiro atoms. The molecule has 1 heterocycles. The molecule has 0 N–H and O–H groups in total. The van der Waals surface area contributed by atoms with E-state index in [4.69, 9.17) is 4.98 Å². The molecule has 0 bridgehead atoms. The number of para-hydroxylation sites is 1. The topological polar surface area (TPSA) is 47.0 Å². The highest BCUT2D eigenvalue weighted by molar-refractivity contribution is 5.89. The summed E-state index contributed by atoms with van der Waals surface area (Å²) in [7, 11) is 0. The normalized spacial score (nSPS) is 12.3. The largest absolute Gasteiger partial charge is 0.300 e. The first-order valence-corrected chi connectivity index (χ1v) is 8.33. The van der Waals surface area contributed by atoms with Crippen LogP contribution >= 0.6 is 0 Å². The van der Waals surface area contributed by atoms with E-state index in [1.807, 2.05) is 39.0 Å². The number of carbonyl (C=O) groups excluding carboxylic acids is 2. The zero-order chi connectivity index (χ0) is 17.0. The summed E-state index contributed by atoms with van der Waals surface area (Å²) in [5.41, 5.74) is 3.99. The number of hydrogen-bond donors (Lipinski definition) is 0. The van der Waals surface area contributed by atoms with Crippen LogP contribution in [0.1, 0.15) is 62.3 Å². The lowest BCUT2D eigenvalue weighted by Gasteiger charge is -2.18. The van der Waals surface area contributed by atoms with Gasteiger partial charge >= 0.3 is 0 Å². The Bertz CT molecular complexity index is 734. The molecule has 3 heteroatoms. The summed E-state index contributed by atoms with van der Waals surface area (Å²) in [5, 5.41) is 1.06. The number of benzene rings is 1. The highest BCUT2D eigenvalue weighted by Crippen LogP contribution is 2.30. The predicted octanol–water partition coefficient (Wildman–Crippen LogP) is 4.67. The molecule has 0 aliphatic heterocycles. The Morgan fingerprint density at radius 3 is 2.57 bits per heavy atom. The van der Waals surface area contributed by atoms with Crippen LogP contribution < -0.4 is 0 Å². The van der Waals surface area contributed by atoms with Crippen molar-refractivity contribution < 1.29 is 9.59 Å². The van der Waals surface area contributed by atoms with Gasteiger partial charge in [-0.25, -0.2) is 0 Å². The number of fused-ring (bicyclic) bond motifs is 1. The molecule has 1 atom stereocenters. The molecule has 0 saturated heterocycles. The van der Waals surface area contributed by atoms with E-state index in [9.17, 15) is 9.59 Å². The fraction of sp³-hybridized carbons (Fsp3) is 0.450. The van der Waals surface area contributed by atoms with Crippen molar-refractivity contribution in [2.45, 2.75) is 59.3 Å². The van der Waals surface area contributed by atoms with Crippen molar-refractivity contribution in [1.82, 2.24) is 4.98 Å². The summed E-state index contributed by atoms with van der Waals surface area (Å²) in [5.74, 6) is 0.114. The van der Waals surface area contributed by atoms with Gasteiger partial charge in [0.05, 0.1) is 5.52 Å². The van der Waals surface area contributed by atoms with Crippen LogP contribution in [-0.2, 0) is 9.59 Å². The zero-order valence-electron chi connectivity index (χ0n) is 14.5. The van der Waals surface area contributed by atoms with E-state index in [1.54, 1.807) is 6.92 Å². The monoisotopic (exact) mass is 311 g/mol. The molecular formula is C20H25NO2. The minimum absolute atomic E-state index is 0.126. The van der Waals surface area contributed by atoms with Crippen LogP contribution in [0, 0.1) is 13.8 Å². The third-order valence-corrected chi connectivity index (χ3v) is 4.32. The summed E-state index contributed by atoms with van der Waals surface area (Å²) < 4.78 is 0. The second-order valence-electron chi connectivity index (χ2n) is 6.32. The smallest absolute Gasteiger partial charge is 0.140 e. The Hall–Kier alpha value is -2.03. The summed E-state index contributed by atoms with van der Waals surface area (Å²) in [4.78, 5) is 28.7. The Kier molecular flexibility index (Phi) is 5.64. The van der Waals surface area contributed by atoms with Crippen LogP contribution in [-0.4, -0.2) is 16.6 Å². The van der Waals surface area contributed by atoms with Crippen molar-refractivity contribution in [2.24, 2.45) is 0 Å². The number of aryl methyl sites for hydroxylation is 2. The Morgan fingerprint density at radius 1 is 1.17 bits per heavy atom. The van der Waals surface area contributed by atoms with Crippen molar-refractivity contribution in [3.63, 3.8) is 0 Å². The average Bonchev–Trinajstić information content (AvgIpc) is 2.49. The van der Waals surface area contributed by atoms with E-state index in [1.165, 1.54) is 0 Å². The lowest BCUT2D eigenvalue weighted by molar-refractivity contribution is -0.121. The van der Waals surface area contributed by atoms with Crippen molar-refractivity contribution in [2.75, 3.05) is 0 Å². The number of pyridine rings is 1. The maximum atomic E-state index is 12.6. The maximum absolute atomic E-state index is 12.6. The first-order chi connectivity index (χ1) is 10.9. The Balaban J connectivity index is 2.48. The van der Waals surface area contributed by atoms with Crippen molar-refractivity contribution in [3.8, 4) is 0 Å². The van der Waals surface area contributed by atoms with E-state index in [0.717, 1.165) is 34.1 Å². The lowest BCUT2D eigenvalue weighted by atomic mass is 9.86. The maximum Gasteiger partial charge on any atom is 0.140 e. The molecular weight excluding hydrogens is 286 g/mol. The second-order valence-corrected chi connectivity index (χ2v) is 6.32. The third-order valence-electron chi connectivity index (χ3n) is 4.32. The van der Waals surface area contributed by atoms with Gasteiger partial charge in [-0.15, -0.1) is 0 Å². The van der Waals surface area contributed by atoms with Gasteiger partial charge in [-0.1, -0.05) is 25.1 Å². The molecule has 0 aliphatic rings. The molecule has 0 aliphatic carbocycles. The van der Waals surface area contributed by atoms with E-state index in [2.05, 4.69) is 6.07 Å². The van der Waals surface area contributed by atoms with Gasteiger partial charge in [-0.05, 0) is 50.8 Å². The van der Waals surface area contributed by atoms with Gasteiger partial charge in [0.15, 0.2) is 0 Å². The van der Waals surface area contributed by atoms with Gasteiger partial charge in [0.2, 0.25) is 0 Å². The van der Waals surface area contributed by atoms with Crippen LogP contribution in [0.3, 0.4) is 0 Å². The molecule has 0 fully saturated rings. The predicted molar refractivity (Wildman–Crippen MR) is 93.8 cm³/mol. The van der Waals surface area contributed by atoms with Crippen LogP contribution in [0.4, 0.5) is 0 Å². The molecule has 1 unspecified atom stereocenters. The van der Waals surface area contributed by atoms with Gasteiger partial charge < -0.3 is 4.79 Å². The number of ketones is 2. The minimum atomic E-state index is -0.226. The molecule has 122 valence electrons. The van der Waals surface area contributed by atoms with Gasteiger partial charge in [-0.2, -0.15) is 0 Å². The molecule has 1 aromatic carbocycles. The Morgan fingerprint density at radius 2 is 1.91 bits per heavy atom. The van der Waals surface area contributed by atoms with E-state index >= 15 is 0 Å². The SMILES string of the molecule is CCCC(=O)C(CCC(C)=O)c1cc2cccc(C)c2nc1C. The number of rotatable bonds is 7. The number of carbonyl (C=O) groups is 2. The Labute approximate surface area is 138 Å². The number of aromatic nitrogens is 1. The highest BCUT2D eigenvalue weighted by atomic mass is 16.1. The molecule has 3 nitrogen and oxygen atoms in total. The van der Waals surface area contributed by atoms with Crippen LogP contribution in [0.15, 0.2) is 24.3 Å². The summed E-state index contributed by atoms with van der Waals surface area (Å²) >= 11 is 0. The molecule has 23 heavy (non-hydrogen) atoms. The van der Waals surface area contributed by atoms with Crippen LogP contribution in [0.25, 0.3) is 10.9 Å². The van der Waals surface area contributed by atoms with Crippen molar-refractivity contribution in [1.29, 1.82) is 0 Å². The van der Waals surface area contributed by atoms with Crippen LogP contribution in [0.5, 0.6) is 0 Å². The molecule has 0 radical (unpaired) electrons. The fourth-order valence-corrected chi connectivity index (χ4v) is 3.07. The van der Waals surface area contributed by atoms with Crippen molar-refractivity contribution >= 4 is 22.5 Å². The number of Topliss-reactive ketones (excluding diaryl/α,β-unsaturated/α-hetero) is 2. The zero-order valence-corrected chi connectivity index (χ0v) is 14.5. The minimum Gasteiger partial charge on any atom is -0.300 e. The third kappa shape index (κ3) is 4.04. The molecule has 0 saturated carbocycles. The molecule has 0 amide bonds. The van der Waals surface area contributed by atoms with Crippen molar-refractivity contribution in [3.05, 3.63) is 41.1 Å². The quantitative estimate of drug-likeness (QED) is 0.746. The lowest BCUT2D eigenvalue weighted by Crippen LogP contribution is -2.15. The van der Waals surface area contributed by atoms with Crippen LogP contribution in [0.2, 0.25) is 0 Å². The standard InChI is InChI=1S/C20H25NO2/c1-5-7-19(23)17(11-10-14(3)22)18-12-16-9-6-8-13(2)20(16)21-15(18)4/h6,8-9,12,17H,5,7,10-11H2,1-4H3. The van der Waals surface area contributed by atoms with Gasteiger partial charge in [0.25, 0.3) is 0 Å². The fourth-order valence-electron chi connectivity index (χ4n) is 3.07. The highest BCUT2D eigenvalue weighted by Gasteiger charge is 2.23. The first-order valence-electron chi connectivity index (χ1n) is 8.33. The molecule has 1 aromatic heterocycles. The summed E-state index contributed by atoms with van der Waals surface area (Å²) in [6.07, 6.45) is 2.39. The average molecular weight is 311 g/mol. The van der Waals surface area contributed by atoms with E-state index in [0.29, 0.717) is 19.3 Å². The number of hydrogen-bond acceptors (Lipinski definition) is 3. The molecule has 2 rings (SSSR count). The molecule has 2 aromatic rings. The van der Waals surface area contributed by atoms with E-state index in [-0.39, 0.29) is 17.5 Å². The van der Waals surface area contributed by atoms with E-state index < -0.39 is 0 Å². The number of nitrogens with zero attached hydrogens (tertiary/aromatic N) is 1. The first kappa shape index (κ1) is 17.3. The van der Waals surface area contributed by atoms with Gasteiger partial charge in [0, 0.05) is 29.8 Å². The van der Waals surface area contributed by atoms with Gasteiger partial charge in [0.1, 0.15) is 11.6 Å². The second kappa shape index (κ2) is 7.49.